The van der Waals surface area contributed by atoms with Crippen molar-refractivity contribution >= 4 is 5.91 Å². The molecule has 2 N–H and O–H groups in total. The van der Waals surface area contributed by atoms with E-state index in [1.807, 2.05) is 0 Å². The van der Waals surface area contributed by atoms with Gasteiger partial charge in [-0.3, -0.25) is 4.79 Å². The summed E-state index contributed by atoms with van der Waals surface area (Å²) in [5, 5.41) is 12.7. The van der Waals surface area contributed by atoms with Crippen molar-refractivity contribution in [1.82, 2.24) is 5.32 Å². The van der Waals surface area contributed by atoms with Gasteiger partial charge in [-0.15, -0.1) is 0 Å². The molecule has 2 rings (SSSR count). The third-order valence-electron chi connectivity index (χ3n) is 3.77. The maximum absolute atomic E-state index is 11.6. The Balaban J connectivity index is 1.71. The normalized spacial score (nSPS) is 32.1. The van der Waals surface area contributed by atoms with Crippen LogP contribution in [0.15, 0.2) is 0 Å². The predicted molar refractivity (Wildman–Crippen MR) is 58.4 cm³/mol. The minimum Gasteiger partial charge on any atom is -0.391 e. The summed E-state index contributed by atoms with van der Waals surface area (Å²) in [6.07, 6.45) is 8.06. The van der Waals surface area contributed by atoms with Gasteiger partial charge in [0.05, 0.1) is 12.1 Å². The van der Waals surface area contributed by atoms with E-state index in [1.165, 1.54) is 19.3 Å². The highest BCUT2D eigenvalue weighted by atomic mass is 16.3. The second-order valence-corrected chi connectivity index (χ2v) is 5.03. The Bertz CT molecular complexity index is 226. The zero-order chi connectivity index (χ0) is 10.7. The van der Waals surface area contributed by atoms with Gasteiger partial charge in [0.25, 0.3) is 0 Å². The molecular weight excluding hydrogens is 190 g/mol. The molecule has 3 nitrogen and oxygen atoms in total. The number of hydrogen-bond acceptors (Lipinski definition) is 2. The molecule has 0 spiro atoms. The molecule has 2 aliphatic rings. The maximum Gasteiger partial charge on any atom is 0.220 e. The summed E-state index contributed by atoms with van der Waals surface area (Å²) >= 11 is 0. The molecule has 0 unspecified atom stereocenters. The summed E-state index contributed by atoms with van der Waals surface area (Å²) in [5.41, 5.74) is 0. The Kier molecular flexibility index (Phi) is 3.62. The fourth-order valence-electron chi connectivity index (χ4n) is 2.50. The number of aliphatic hydroxyl groups excluding tert-OH is 1. The molecule has 15 heavy (non-hydrogen) atoms. The highest BCUT2D eigenvalue weighted by molar-refractivity contribution is 5.76. The van der Waals surface area contributed by atoms with Gasteiger partial charge in [0.1, 0.15) is 0 Å². The lowest BCUT2D eigenvalue weighted by Gasteiger charge is -2.30. The summed E-state index contributed by atoms with van der Waals surface area (Å²) in [4.78, 5) is 11.6. The lowest BCUT2D eigenvalue weighted by Crippen LogP contribution is -2.45. The molecular formula is C12H21NO2. The monoisotopic (exact) mass is 211 g/mol. The number of rotatable bonds is 3. The van der Waals surface area contributed by atoms with Gasteiger partial charge in [-0.05, 0) is 31.6 Å². The Morgan fingerprint density at radius 3 is 2.47 bits per heavy atom. The molecule has 0 bridgehead atoms. The lowest BCUT2D eigenvalue weighted by molar-refractivity contribution is -0.124. The third kappa shape index (κ3) is 2.94. The molecule has 2 atom stereocenters. The quantitative estimate of drug-likeness (QED) is 0.745. The van der Waals surface area contributed by atoms with Crippen molar-refractivity contribution in [2.45, 2.75) is 63.5 Å². The second kappa shape index (κ2) is 4.97. The fraction of sp³-hybridized carbons (Fsp3) is 0.917. The first kappa shape index (κ1) is 10.9. The van der Waals surface area contributed by atoms with E-state index in [4.69, 9.17) is 0 Å². The molecule has 0 aromatic rings. The van der Waals surface area contributed by atoms with E-state index in [0.717, 1.165) is 25.7 Å². The maximum atomic E-state index is 11.6. The molecule has 0 aromatic heterocycles. The van der Waals surface area contributed by atoms with Gasteiger partial charge < -0.3 is 10.4 Å². The van der Waals surface area contributed by atoms with E-state index in [-0.39, 0.29) is 18.1 Å². The summed E-state index contributed by atoms with van der Waals surface area (Å²) in [5.74, 6) is 0.761. The average molecular weight is 211 g/mol. The molecule has 2 saturated carbocycles. The van der Waals surface area contributed by atoms with Gasteiger partial charge in [-0.25, -0.2) is 0 Å². The zero-order valence-electron chi connectivity index (χ0n) is 9.24. The van der Waals surface area contributed by atoms with Crippen LogP contribution in [0.25, 0.3) is 0 Å². The van der Waals surface area contributed by atoms with Crippen molar-refractivity contribution in [3.8, 4) is 0 Å². The largest absolute Gasteiger partial charge is 0.391 e. The molecule has 0 aromatic carbocycles. The van der Waals surface area contributed by atoms with Crippen molar-refractivity contribution in [3.63, 3.8) is 0 Å². The van der Waals surface area contributed by atoms with Crippen LogP contribution in [0.5, 0.6) is 0 Å². The van der Waals surface area contributed by atoms with Crippen LogP contribution in [0.3, 0.4) is 0 Å². The van der Waals surface area contributed by atoms with Gasteiger partial charge in [-0.2, -0.15) is 0 Å². The van der Waals surface area contributed by atoms with Crippen LogP contribution in [0.1, 0.15) is 51.4 Å². The van der Waals surface area contributed by atoms with Crippen LogP contribution >= 0.6 is 0 Å². The highest BCUT2D eigenvalue weighted by Gasteiger charge is 2.26. The molecule has 0 aliphatic heterocycles. The van der Waals surface area contributed by atoms with E-state index >= 15 is 0 Å². The van der Waals surface area contributed by atoms with Crippen LogP contribution in [0, 0.1) is 5.92 Å². The van der Waals surface area contributed by atoms with E-state index in [2.05, 4.69) is 5.32 Å². The Morgan fingerprint density at radius 1 is 1.13 bits per heavy atom. The molecule has 2 fully saturated rings. The van der Waals surface area contributed by atoms with Gasteiger partial charge in [0.2, 0.25) is 5.91 Å². The average Bonchev–Trinajstić information content (AvgIpc) is 2.16. The van der Waals surface area contributed by atoms with Gasteiger partial charge in [0.15, 0.2) is 0 Å². The lowest BCUT2D eigenvalue weighted by atomic mass is 9.82. The summed E-state index contributed by atoms with van der Waals surface area (Å²) in [6, 6.07) is 0.0197. The second-order valence-electron chi connectivity index (χ2n) is 5.03. The fourth-order valence-corrected chi connectivity index (χ4v) is 2.50. The molecule has 3 heteroatoms. The van der Waals surface area contributed by atoms with E-state index in [1.54, 1.807) is 0 Å². The van der Waals surface area contributed by atoms with E-state index < -0.39 is 0 Å². The Morgan fingerprint density at radius 2 is 1.87 bits per heavy atom. The number of nitrogens with one attached hydrogen (secondary N) is 1. The van der Waals surface area contributed by atoms with Crippen LogP contribution in [-0.2, 0) is 4.79 Å². The molecule has 1 amide bonds. The SMILES string of the molecule is O=C(CC1CCC1)N[C@@H]1CCCC[C@H]1O. The standard InChI is InChI=1S/C12H21NO2/c14-11-7-2-1-6-10(11)13-12(15)8-9-4-3-5-9/h9-11,14H,1-8H2,(H,13,15)/t10-,11-/m1/s1. The van der Waals surface area contributed by atoms with E-state index in [9.17, 15) is 9.90 Å². The molecule has 0 saturated heterocycles. The first-order valence-electron chi connectivity index (χ1n) is 6.23. The van der Waals surface area contributed by atoms with Crippen molar-refractivity contribution in [2.75, 3.05) is 0 Å². The number of hydrogen-bond donors (Lipinski definition) is 2. The van der Waals surface area contributed by atoms with Crippen LogP contribution in [0.2, 0.25) is 0 Å². The summed E-state index contributed by atoms with van der Waals surface area (Å²) in [6.45, 7) is 0. The summed E-state index contributed by atoms with van der Waals surface area (Å²) in [7, 11) is 0. The first-order chi connectivity index (χ1) is 7.25. The summed E-state index contributed by atoms with van der Waals surface area (Å²) < 4.78 is 0. The predicted octanol–water partition coefficient (Wildman–Crippen LogP) is 1.60. The third-order valence-corrected chi connectivity index (χ3v) is 3.77. The number of carbonyl (C=O) groups excluding carboxylic acids is 1. The van der Waals surface area contributed by atoms with Crippen molar-refractivity contribution in [3.05, 3.63) is 0 Å². The molecule has 86 valence electrons. The minimum atomic E-state index is -0.316. The highest BCUT2D eigenvalue weighted by Crippen LogP contribution is 2.29. The molecule has 0 radical (unpaired) electrons. The topological polar surface area (TPSA) is 49.3 Å². The van der Waals surface area contributed by atoms with Crippen molar-refractivity contribution in [1.29, 1.82) is 0 Å². The smallest absolute Gasteiger partial charge is 0.220 e. The number of carbonyl (C=O) groups is 1. The first-order valence-corrected chi connectivity index (χ1v) is 6.23. The van der Waals surface area contributed by atoms with Crippen molar-refractivity contribution < 1.29 is 9.90 Å². The zero-order valence-corrected chi connectivity index (χ0v) is 9.24. The van der Waals surface area contributed by atoms with Gasteiger partial charge in [0, 0.05) is 6.42 Å². The Labute approximate surface area is 91.2 Å². The molecule has 0 heterocycles. The number of amides is 1. The number of aliphatic hydroxyl groups is 1. The van der Waals surface area contributed by atoms with Gasteiger partial charge in [-0.1, -0.05) is 19.3 Å². The van der Waals surface area contributed by atoms with Crippen LogP contribution in [-0.4, -0.2) is 23.2 Å². The van der Waals surface area contributed by atoms with Crippen molar-refractivity contribution in [2.24, 2.45) is 5.92 Å². The Hall–Kier alpha value is -0.570. The van der Waals surface area contributed by atoms with Gasteiger partial charge >= 0.3 is 0 Å². The molecule has 2 aliphatic carbocycles. The minimum absolute atomic E-state index is 0.0197. The van der Waals surface area contributed by atoms with E-state index in [0.29, 0.717) is 12.3 Å². The van der Waals surface area contributed by atoms with Crippen LogP contribution < -0.4 is 5.32 Å². The van der Waals surface area contributed by atoms with Crippen LogP contribution in [0.4, 0.5) is 0 Å².